The predicted molar refractivity (Wildman–Crippen MR) is 107 cm³/mol. The van der Waals surface area contributed by atoms with Gasteiger partial charge in [-0.15, -0.1) is 0 Å². The standard InChI is InChI=1S/C21H28N4O3/c1-21(2,3)28-20(27)25-11-10-18(14-25)24(5)19(26)16-8-6-15(7-9-16)17-12-22-23(4)13-17/h6-9,12-13,18H,10-11,14H2,1-5H3. The van der Waals surface area contributed by atoms with E-state index in [0.29, 0.717) is 18.7 Å². The van der Waals surface area contributed by atoms with Crippen LogP contribution in [0.15, 0.2) is 36.7 Å². The summed E-state index contributed by atoms with van der Waals surface area (Å²) in [6.07, 6.45) is 4.16. The molecule has 1 aromatic heterocycles. The molecule has 0 radical (unpaired) electrons. The molecule has 0 spiro atoms. The van der Waals surface area contributed by atoms with Crippen LogP contribution in [0.25, 0.3) is 11.1 Å². The maximum atomic E-state index is 12.9. The van der Waals surface area contributed by atoms with Crippen LogP contribution in [-0.2, 0) is 11.8 Å². The second-order valence-corrected chi connectivity index (χ2v) is 8.26. The lowest BCUT2D eigenvalue weighted by Gasteiger charge is -2.27. The zero-order chi connectivity index (χ0) is 20.5. The minimum atomic E-state index is -0.521. The van der Waals surface area contributed by atoms with Gasteiger partial charge in [0.15, 0.2) is 0 Å². The SMILES string of the molecule is CN(C(=O)c1ccc(-c2cnn(C)c2)cc1)C1CCN(C(=O)OC(C)(C)C)C1. The molecule has 2 aromatic rings. The van der Waals surface area contributed by atoms with E-state index in [9.17, 15) is 9.59 Å². The van der Waals surface area contributed by atoms with Crippen molar-refractivity contribution in [3.63, 3.8) is 0 Å². The number of rotatable bonds is 3. The lowest BCUT2D eigenvalue weighted by Crippen LogP contribution is -2.41. The van der Waals surface area contributed by atoms with Gasteiger partial charge in [-0.05, 0) is 44.9 Å². The van der Waals surface area contributed by atoms with E-state index in [4.69, 9.17) is 4.74 Å². The van der Waals surface area contributed by atoms with Gasteiger partial charge in [-0.1, -0.05) is 12.1 Å². The highest BCUT2D eigenvalue weighted by atomic mass is 16.6. The summed E-state index contributed by atoms with van der Waals surface area (Å²) in [5, 5.41) is 4.17. The molecule has 1 atom stereocenters. The second-order valence-electron chi connectivity index (χ2n) is 8.26. The molecule has 7 heteroatoms. The van der Waals surface area contributed by atoms with Gasteiger partial charge in [0.1, 0.15) is 5.60 Å². The first-order chi connectivity index (χ1) is 13.1. The van der Waals surface area contributed by atoms with Crippen LogP contribution in [-0.4, -0.2) is 63.4 Å². The molecule has 150 valence electrons. The summed E-state index contributed by atoms with van der Waals surface area (Å²) in [6, 6.07) is 7.52. The third kappa shape index (κ3) is 4.52. The lowest BCUT2D eigenvalue weighted by molar-refractivity contribution is 0.0279. The Hall–Kier alpha value is -2.83. The van der Waals surface area contributed by atoms with Crippen molar-refractivity contribution >= 4 is 12.0 Å². The molecule has 2 amide bonds. The number of likely N-dealkylation sites (N-methyl/N-ethyl adjacent to an activating group) is 1. The summed E-state index contributed by atoms with van der Waals surface area (Å²) in [4.78, 5) is 28.5. The van der Waals surface area contributed by atoms with Crippen molar-refractivity contribution in [3.8, 4) is 11.1 Å². The zero-order valence-corrected chi connectivity index (χ0v) is 17.2. The summed E-state index contributed by atoms with van der Waals surface area (Å²) in [7, 11) is 3.67. The highest BCUT2D eigenvalue weighted by Gasteiger charge is 2.33. The van der Waals surface area contributed by atoms with Gasteiger partial charge in [0.25, 0.3) is 5.91 Å². The second kappa shape index (κ2) is 7.66. The third-order valence-corrected chi connectivity index (χ3v) is 4.85. The number of aromatic nitrogens is 2. The quantitative estimate of drug-likeness (QED) is 0.815. The molecule has 1 aromatic carbocycles. The monoisotopic (exact) mass is 384 g/mol. The summed E-state index contributed by atoms with van der Waals surface area (Å²) in [5.74, 6) is -0.0474. The van der Waals surface area contributed by atoms with Gasteiger partial charge in [-0.25, -0.2) is 4.79 Å². The molecular weight excluding hydrogens is 356 g/mol. The number of carbonyl (C=O) groups is 2. The lowest BCUT2D eigenvalue weighted by atomic mass is 10.1. The first-order valence-electron chi connectivity index (χ1n) is 9.48. The Bertz CT molecular complexity index is 851. The molecule has 0 N–H and O–H groups in total. The predicted octanol–water partition coefficient (Wildman–Crippen LogP) is 3.17. The van der Waals surface area contributed by atoms with E-state index in [0.717, 1.165) is 17.5 Å². The summed E-state index contributed by atoms with van der Waals surface area (Å²) >= 11 is 0. The van der Waals surface area contributed by atoms with Crippen molar-refractivity contribution in [1.29, 1.82) is 0 Å². The molecule has 1 aliphatic rings. The number of hydrogen-bond acceptors (Lipinski definition) is 4. The van der Waals surface area contributed by atoms with Crippen molar-refractivity contribution in [2.75, 3.05) is 20.1 Å². The van der Waals surface area contributed by atoms with Gasteiger partial charge in [-0.2, -0.15) is 5.10 Å². The molecule has 1 aliphatic heterocycles. The largest absolute Gasteiger partial charge is 0.444 e. The van der Waals surface area contributed by atoms with Crippen LogP contribution in [0.4, 0.5) is 4.79 Å². The molecule has 1 unspecified atom stereocenters. The van der Waals surface area contributed by atoms with Crippen LogP contribution in [0.3, 0.4) is 0 Å². The number of nitrogens with zero attached hydrogens (tertiary/aromatic N) is 4. The average Bonchev–Trinajstić information content (AvgIpc) is 3.28. The third-order valence-electron chi connectivity index (χ3n) is 4.85. The van der Waals surface area contributed by atoms with Gasteiger partial charge in [-0.3, -0.25) is 9.48 Å². The van der Waals surface area contributed by atoms with E-state index in [1.807, 2.05) is 58.3 Å². The number of carbonyl (C=O) groups excluding carboxylic acids is 2. The molecule has 0 aliphatic carbocycles. The van der Waals surface area contributed by atoms with Crippen molar-refractivity contribution in [3.05, 3.63) is 42.2 Å². The van der Waals surface area contributed by atoms with E-state index in [-0.39, 0.29) is 18.0 Å². The topological polar surface area (TPSA) is 67.7 Å². The summed E-state index contributed by atoms with van der Waals surface area (Å²) < 4.78 is 7.18. The summed E-state index contributed by atoms with van der Waals surface area (Å²) in [5.41, 5.74) is 2.14. The molecule has 2 heterocycles. The normalized spacial score (nSPS) is 16.9. The van der Waals surface area contributed by atoms with Gasteiger partial charge < -0.3 is 14.5 Å². The van der Waals surface area contributed by atoms with Crippen molar-refractivity contribution in [2.45, 2.75) is 38.8 Å². The fraction of sp³-hybridized carbons (Fsp3) is 0.476. The minimum absolute atomic E-state index is 0.0157. The number of benzene rings is 1. The molecule has 7 nitrogen and oxygen atoms in total. The number of aryl methyl sites for hydroxylation is 1. The highest BCUT2D eigenvalue weighted by Crippen LogP contribution is 2.22. The molecular formula is C21H28N4O3. The number of hydrogen-bond donors (Lipinski definition) is 0. The van der Waals surface area contributed by atoms with Gasteiger partial charge in [0.2, 0.25) is 0 Å². The fourth-order valence-electron chi connectivity index (χ4n) is 3.30. The average molecular weight is 384 g/mol. The Kier molecular flexibility index (Phi) is 5.45. The van der Waals surface area contributed by atoms with Crippen LogP contribution >= 0.6 is 0 Å². The van der Waals surface area contributed by atoms with E-state index in [2.05, 4.69) is 5.10 Å². The highest BCUT2D eigenvalue weighted by molar-refractivity contribution is 5.94. The zero-order valence-electron chi connectivity index (χ0n) is 17.2. The van der Waals surface area contributed by atoms with Gasteiger partial charge in [0, 0.05) is 44.5 Å². The van der Waals surface area contributed by atoms with Crippen LogP contribution in [0, 0.1) is 0 Å². The van der Waals surface area contributed by atoms with E-state index < -0.39 is 5.60 Å². The first kappa shape index (κ1) is 19.9. The van der Waals surface area contributed by atoms with Crippen LogP contribution < -0.4 is 0 Å². The molecule has 0 bridgehead atoms. The maximum absolute atomic E-state index is 12.9. The number of amides is 2. The van der Waals surface area contributed by atoms with Crippen LogP contribution in [0.5, 0.6) is 0 Å². The van der Waals surface area contributed by atoms with Crippen molar-refractivity contribution in [2.24, 2.45) is 7.05 Å². The van der Waals surface area contributed by atoms with E-state index in [1.54, 1.807) is 27.7 Å². The van der Waals surface area contributed by atoms with Crippen molar-refractivity contribution in [1.82, 2.24) is 19.6 Å². The Balaban J connectivity index is 1.62. The van der Waals surface area contributed by atoms with Crippen LogP contribution in [0.1, 0.15) is 37.6 Å². The molecule has 28 heavy (non-hydrogen) atoms. The number of ether oxygens (including phenoxy) is 1. The molecule has 1 fully saturated rings. The van der Waals surface area contributed by atoms with E-state index in [1.165, 1.54) is 0 Å². The molecule has 3 rings (SSSR count). The molecule has 0 saturated carbocycles. The fourth-order valence-corrected chi connectivity index (χ4v) is 3.30. The van der Waals surface area contributed by atoms with Gasteiger partial charge >= 0.3 is 6.09 Å². The Labute approximate surface area is 165 Å². The Morgan fingerprint density at radius 2 is 1.86 bits per heavy atom. The Morgan fingerprint density at radius 1 is 1.18 bits per heavy atom. The molecule has 1 saturated heterocycles. The van der Waals surface area contributed by atoms with Crippen LogP contribution in [0.2, 0.25) is 0 Å². The van der Waals surface area contributed by atoms with E-state index >= 15 is 0 Å². The number of likely N-dealkylation sites (tertiary alicyclic amines) is 1. The van der Waals surface area contributed by atoms with Crippen molar-refractivity contribution < 1.29 is 14.3 Å². The minimum Gasteiger partial charge on any atom is -0.444 e. The Morgan fingerprint density at radius 3 is 2.43 bits per heavy atom. The first-order valence-corrected chi connectivity index (χ1v) is 9.48. The summed E-state index contributed by atoms with van der Waals surface area (Å²) in [6.45, 7) is 6.64. The maximum Gasteiger partial charge on any atom is 0.410 e. The smallest absolute Gasteiger partial charge is 0.410 e. The van der Waals surface area contributed by atoms with Gasteiger partial charge in [0.05, 0.1) is 12.2 Å².